The molecule has 1 atom stereocenters. The van der Waals surface area contributed by atoms with E-state index in [1.165, 1.54) is 6.42 Å². The van der Waals surface area contributed by atoms with Crippen LogP contribution in [0.3, 0.4) is 0 Å². The van der Waals surface area contributed by atoms with Crippen LogP contribution in [-0.4, -0.2) is 63.5 Å². The number of rotatable bonds is 7. The van der Waals surface area contributed by atoms with Gasteiger partial charge in [0.25, 0.3) is 0 Å². The fraction of sp³-hybridized carbons (Fsp3) is 0.941. The van der Waals surface area contributed by atoms with Crippen molar-refractivity contribution < 1.29 is 9.47 Å². The third kappa shape index (κ3) is 5.76. The summed E-state index contributed by atoms with van der Waals surface area (Å²) in [5.74, 6) is 1.67. The number of hydrogen-bond donors (Lipinski definition) is 1. The zero-order chi connectivity index (χ0) is 15.8. The van der Waals surface area contributed by atoms with E-state index in [9.17, 15) is 0 Å². The molecule has 0 aromatic heterocycles. The van der Waals surface area contributed by atoms with Crippen LogP contribution in [0.15, 0.2) is 4.99 Å². The fourth-order valence-electron chi connectivity index (χ4n) is 3.04. The van der Waals surface area contributed by atoms with Crippen LogP contribution >= 0.6 is 0 Å². The van der Waals surface area contributed by atoms with Crippen molar-refractivity contribution in [2.45, 2.75) is 40.0 Å². The lowest BCUT2D eigenvalue weighted by Crippen LogP contribution is -2.40. The van der Waals surface area contributed by atoms with E-state index in [0.717, 1.165) is 71.4 Å². The quantitative estimate of drug-likeness (QED) is 0.444. The zero-order valence-electron chi connectivity index (χ0n) is 14.6. The number of nitrogens with one attached hydrogen (secondary N) is 1. The second-order valence-corrected chi connectivity index (χ2v) is 7.23. The second-order valence-electron chi connectivity index (χ2n) is 7.23. The molecule has 0 spiro atoms. The summed E-state index contributed by atoms with van der Waals surface area (Å²) in [6, 6.07) is 0. The summed E-state index contributed by atoms with van der Waals surface area (Å²) in [5, 5.41) is 3.42. The molecular weight excluding hydrogens is 278 g/mol. The molecule has 1 unspecified atom stereocenters. The first-order chi connectivity index (χ1) is 10.6. The van der Waals surface area contributed by atoms with Gasteiger partial charge in [0.1, 0.15) is 0 Å². The first-order valence-corrected chi connectivity index (χ1v) is 8.79. The lowest BCUT2D eigenvalue weighted by atomic mass is 9.93. The van der Waals surface area contributed by atoms with Gasteiger partial charge in [0, 0.05) is 45.3 Å². The molecule has 1 N–H and O–H groups in total. The van der Waals surface area contributed by atoms with E-state index >= 15 is 0 Å². The Hall–Kier alpha value is -0.810. The Labute approximate surface area is 135 Å². The van der Waals surface area contributed by atoms with E-state index in [2.05, 4.69) is 31.0 Å². The Kier molecular flexibility index (Phi) is 6.96. The molecule has 5 nitrogen and oxygen atoms in total. The predicted octanol–water partition coefficient (Wildman–Crippen LogP) is 2.13. The van der Waals surface area contributed by atoms with E-state index in [4.69, 9.17) is 14.5 Å². The zero-order valence-corrected chi connectivity index (χ0v) is 14.6. The van der Waals surface area contributed by atoms with Crippen molar-refractivity contribution >= 4 is 5.96 Å². The minimum Gasteiger partial charge on any atom is -0.381 e. The number of nitrogens with zero attached hydrogens (tertiary/aromatic N) is 2. The highest BCUT2D eigenvalue weighted by Crippen LogP contribution is 2.28. The van der Waals surface area contributed by atoms with Gasteiger partial charge in [-0.15, -0.1) is 0 Å². The Morgan fingerprint density at radius 1 is 1.45 bits per heavy atom. The normalized spacial score (nSPS) is 25.0. The second kappa shape index (κ2) is 8.73. The third-order valence-electron chi connectivity index (χ3n) is 4.40. The Morgan fingerprint density at radius 3 is 2.95 bits per heavy atom. The number of ether oxygens (including phenoxy) is 2. The summed E-state index contributed by atoms with van der Waals surface area (Å²) in [6.45, 7) is 14.2. The van der Waals surface area contributed by atoms with Gasteiger partial charge in [0.2, 0.25) is 0 Å². The average molecular weight is 311 g/mol. The Morgan fingerprint density at radius 2 is 2.32 bits per heavy atom. The van der Waals surface area contributed by atoms with E-state index in [1.54, 1.807) is 0 Å². The number of aliphatic imine (C=N–C) groups is 1. The Balaban J connectivity index is 1.64. The third-order valence-corrected chi connectivity index (χ3v) is 4.40. The van der Waals surface area contributed by atoms with Gasteiger partial charge in [-0.3, -0.25) is 4.99 Å². The molecule has 128 valence electrons. The standard InChI is InChI=1S/C17H33N3O2/c1-4-18-16(20-9-7-17(2,3)14-20)19-8-5-10-21-12-15-6-11-22-13-15/h15H,4-14H2,1-3H3,(H,18,19). The fourth-order valence-corrected chi connectivity index (χ4v) is 3.04. The number of likely N-dealkylation sites (tertiary alicyclic amines) is 1. The summed E-state index contributed by atoms with van der Waals surface area (Å²) in [4.78, 5) is 7.15. The van der Waals surface area contributed by atoms with E-state index in [0.29, 0.717) is 11.3 Å². The van der Waals surface area contributed by atoms with Gasteiger partial charge >= 0.3 is 0 Å². The summed E-state index contributed by atoms with van der Waals surface area (Å²) in [5.41, 5.74) is 0.405. The van der Waals surface area contributed by atoms with Gasteiger partial charge in [-0.25, -0.2) is 0 Å². The molecule has 22 heavy (non-hydrogen) atoms. The molecule has 0 aromatic rings. The highest BCUT2D eigenvalue weighted by Gasteiger charge is 2.30. The van der Waals surface area contributed by atoms with Crippen molar-refractivity contribution in [3.63, 3.8) is 0 Å². The van der Waals surface area contributed by atoms with E-state index in [1.807, 2.05) is 0 Å². The molecule has 0 bridgehead atoms. The molecule has 0 saturated carbocycles. The van der Waals surface area contributed by atoms with Crippen LogP contribution in [0.25, 0.3) is 0 Å². The van der Waals surface area contributed by atoms with Crippen molar-refractivity contribution in [2.24, 2.45) is 16.3 Å². The van der Waals surface area contributed by atoms with Gasteiger partial charge in [0.05, 0.1) is 13.2 Å². The molecule has 2 saturated heterocycles. The molecule has 5 heteroatoms. The summed E-state index contributed by atoms with van der Waals surface area (Å²) in [6.07, 6.45) is 3.37. The molecule has 2 fully saturated rings. The van der Waals surface area contributed by atoms with Gasteiger partial charge in [-0.2, -0.15) is 0 Å². The lowest BCUT2D eigenvalue weighted by Gasteiger charge is -2.23. The smallest absolute Gasteiger partial charge is 0.193 e. The highest BCUT2D eigenvalue weighted by atomic mass is 16.5. The Bertz CT molecular complexity index is 352. The van der Waals surface area contributed by atoms with Crippen LogP contribution in [0.2, 0.25) is 0 Å². The van der Waals surface area contributed by atoms with E-state index < -0.39 is 0 Å². The van der Waals surface area contributed by atoms with Crippen LogP contribution in [0, 0.1) is 11.3 Å². The maximum absolute atomic E-state index is 5.73. The minimum absolute atomic E-state index is 0.405. The van der Waals surface area contributed by atoms with Crippen LogP contribution in [0.4, 0.5) is 0 Å². The molecule has 2 rings (SSSR count). The van der Waals surface area contributed by atoms with Gasteiger partial charge in [-0.05, 0) is 31.6 Å². The predicted molar refractivity (Wildman–Crippen MR) is 90.3 cm³/mol. The molecule has 0 aromatic carbocycles. The molecule has 2 heterocycles. The maximum Gasteiger partial charge on any atom is 0.193 e. The lowest BCUT2D eigenvalue weighted by molar-refractivity contribution is 0.0893. The molecule has 2 aliphatic rings. The molecule has 0 radical (unpaired) electrons. The molecule has 0 amide bonds. The van der Waals surface area contributed by atoms with E-state index in [-0.39, 0.29) is 0 Å². The summed E-state index contributed by atoms with van der Waals surface area (Å²) < 4.78 is 11.1. The molecular formula is C17H33N3O2. The van der Waals surface area contributed by atoms with Gasteiger partial charge in [-0.1, -0.05) is 13.8 Å². The highest BCUT2D eigenvalue weighted by molar-refractivity contribution is 5.80. The van der Waals surface area contributed by atoms with Crippen LogP contribution in [-0.2, 0) is 9.47 Å². The largest absolute Gasteiger partial charge is 0.381 e. The number of guanidine groups is 1. The van der Waals surface area contributed by atoms with Crippen LogP contribution < -0.4 is 5.32 Å². The first kappa shape index (κ1) is 17.5. The van der Waals surface area contributed by atoms with Crippen LogP contribution in [0.1, 0.15) is 40.0 Å². The monoisotopic (exact) mass is 311 g/mol. The maximum atomic E-state index is 5.73. The minimum atomic E-state index is 0.405. The molecule has 0 aliphatic carbocycles. The van der Waals surface area contributed by atoms with Crippen molar-refractivity contribution in [1.82, 2.24) is 10.2 Å². The summed E-state index contributed by atoms with van der Waals surface area (Å²) in [7, 11) is 0. The number of hydrogen-bond acceptors (Lipinski definition) is 3. The summed E-state index contributed by atoms with van der Waals surface area (Å²) >= 11 is 0. The van der Waals surface area contributed by atoms with Gasteiger partial charge < -0.3 is 19.7 Å². The van der Waals surface area contributed by atoms with Crippen molar-refractivity contribution in [3.05, 3.63) is 0 Å². The first-order valence-electron chi connectivity index (χ1n) is 8.79. The average Bonchev–Trinajstić information content (AvgIpc) is 3.10. The topological polar surface area (TPSA) is 46.1 Å². The SMILES string of the molecule is CCNC(=NCCCOCC1CCOC1)N1CCC(C)(C)C1. The van der Waals surface area contributed by atoms with Crippen molar-refractivity contribution in [2.75, 3.05) is 52.6 Å². The van der Waals surface area contributed by atoms with Crippen LogP contribution in [0.5, 0.6) is 0 Å². The van der Waals surface area contributed by atoms with Crippen molar-refractivity contribution in [1.29, 1.82) is 0 Å². The molecule has 2 aliphatic heterocycles. The van der Waals surface area contributed by atoms with Crippen molar-refractivity contribution in [3.8, 4) is 0 Å². The van der Waals surface area contributed by atoms with Gasteiger partial charge in [0.15, 0.2) is 5.96 Å².